The molecule has 468 valence electrons. The molecule has 0 amide bonds. The van der Waals surface area contributed by atoms with E-state index in [9.17, 15) is 0 Å². The van der Waals surface area contributed by atoms with Crippen LogP contribution in [0.25, 0.3) is 27.5 Å². The van der Waals surface area contributed by atoms with Crippen LogP contribution in [0.4, 0.5) is 34.1 Å². The van der Waals surface area contributed by atoms with Gasteiger partial charge in [0, 0.05) is 50.6 Å². The summed E-state index contributed by atoms with van der Waals surface area (Å²) in [4.78, 5) is 14.3. The van der Waals surface area contributed by atoms with Crippen molar-refractivity contribution >= 4 is 55.9 Å². The van der Waals surface area contributed by atoms with Gasteiger partial charge >= 0.3 is 0 Å². The number of rotatable bonds is 7. The third kappa shape index (κ3) is 11.6. The smallest absolute Gasteiger partial charge is 0.140 e. The number of nitrogens with one attached hydrogen (secondary N) is 18. The molecule has 9 aromatic rings. The van der Waals surface area contributed by atoms with E-state index in [1.165, 1.54) is 5.39 Å². The van der Waals surface area contributed by atoms with Crippen molar-refractivity contribution in [3.63, 3.8) is 0 Å². The van der Waals surface area contributed by atoms with E-state index >= 15 is 0 Å². The Morgan fingerprint density at radius 1 is 0.198 bits per heavy atom. The summed E-state index contributed by atoms with van der Waals surface area (Å²) in [6.45, 7) is 2.91. The van der Waals surface area contributed by atoms with Gasteiger partial charge in [0.15, 0.2) is 0 Å². The average Bonchev–Trinajstić information content (AvgIpc) is 2.71. The van der Waals surface area contributed by atoms with Gasteiger partial charge in [-0.25, -0.2) is 0 Å². The van der Waals surface area contributed by atoms with Gasteiger partial charge in [-0.3, -0.25) is 95.7 Å². The molecule has 16 rings (SSSR count). The van der Waals surface area contributed by atoms with Crippen LogP contribution < -0.4 is 125 Å². The van der Waals surface area contributed by atoms with E-state index in [-0.39, 0.29) is 0 Å². The van der Waals surface area contributed by atoms with Crippen molar-refractivity contribution in [2.24, 2.45) is 0 Å². The molecular weight excluding hydrogens is 1140 g/mol. The molecule has 8 aromatic carbocycles. The molecule has 8 heterocycles. The van der Waals surface area contributed by atoms with Crippen LogP contribution >= 0.6 is 0 Å². The van der Waals surface area contributed by atoms with E-state index in [1.54, 1.807) is 0 Å². The Kier molecular flexibility index (Phi) is 16.6. The maximum Gasteiger partial charge on any atom is 0.140 e. The zero-order valence-electron chi connectivity index (χ0n) is 50.2. The van der Waals surface area contributed by atoms with E-state index in [0.717, 1.165) is 56.2 Å². The molecule has 0 saturated carbocycles. The third-order valence-corrected chi connectivity index (χ3v) is 18.0. The summed E-state index contributed by atoms with van der Waals surface area (Å²) in [5, 5.41) is 73.0. The molecule has 12 unspecified atom stereocenters. The van der Waals surface area contributed by atoms with Gasteiger partial charge in [0.1, 0.15) is 75.5 Å². The number of hydrogen-bond donors (Lipinski definition) is 18. The predicted molar refractivity (Wildman–Crippen MR) is 359 cm³/mol. The van der Waals surface area contributed by atoms with Crippen LogP contribution in [-0.2, 0) is 0 Å². The standard InChI is InChI=1S/C66H79N25/c1-7-21-44(22-8-1)85-53-34-20-19-33-51(53)52-37-50(35-36-54(52)85)91-65-77-42-75-63(83-65)89(48-29-15-5-16-30-48)61-73-40-71-59(81-61)87(46-25-11-3-12-26-46)57-69-38-67-55(79-57)86(45-23-9-2-10-24-45)56-68-39-70-58(80-56)88(47-27-13-4-14-28-47)60-72-41-74-62(82-60)90(49-31-17-6-18-32-49)64-76-43-78-66(91)84-64/h1-37,55-84H,38-43H2. The number of anilines is 6. The van der Waals surface area contributed by atoms with Gasteiger partial charge in [-0.05, 0) is 97.1 Å². The van der Waals surface area contributed by atoms with Crippen LogP contribution in [0.1, 0.15) is 0 Å². The molecule has 91 heavy (non-hydrogen) atoms. The Balaban J connectivity index is 0.839. The monoisotopic (exact) mass is 1220 g/mol. The summed E-state index contributed by atoms with van der Waals surface area (Å²) < 4.78 is 2.37. The largest absolute Gasteiger partial charge is 0.315 e. The quantitative estimate of drug-likeness (QED) is 0.109. The molecule has 12 bridgehead atoms. The van der Waals surface area contributed by atoms with Crippen molar-refractivity contribution in [1.29, 1.82) is 0 Å². The zero-order valence-corrected chi connectivity index (χ0v) is 50.2. The first-order valence-corrected chi connectivity index (χ1v) is 31.6. The molecule has 7 saturated heterocycles. The molecule has 7 aliphatic heterocycles. The van der Waals surface area contributed by atoms with Gasteiger partial charge in [0.2, 0.25) is 0 Å². The topological polar surface area (TPSA) is 241 Å². The normalized spacial score (nSPS) is 28.6. The van der Waals surface area contributed by atoms with Crippen LogP contribution in [0.5, 0.6) is 0 Å². The van der Waals surface area contributed by atoms with Crippen molar-refractivity contribution in [2.45, 2.75) is 75.5 Å². The number of aromatic nitrogens is 1. The van der Waals surface area contributed by atoms with E-state index in [4.69, 9.17) is 0 Å². The summed E-state index contributed by atoms with van der Waals surface area (Å²) in [6, 6.07) is 79.3. The van der Waals surface area contributed by atoms with Crippen molar-refractivity contribution < 1.29 is 0 Å². The van der Waals surface area contributed by atoms with Crippen LogP contribution in [0, 0.1) is 0 Å². The first-order chi connectivity index (χ1) is 45.1. The first-order valence-electron chi connectivity index (χ1n) is 31.6. The van der Waals surface area contributed by atoms with E-state index < -0.39 is 75.5 Å². The predicted octanol–water partition coefficient (Wildman–Crippen LogP) is 1.98. The summed E-state index contributed by atoms with van der Waals surface area (Å²) in [5.41, 5.74) is 9.42. The first kappa shape index (κ1) is 57.8. The molecule has 0 aliphatic carbocycles. The van der Waals surface area contributed by atoms with Gasteiger partial charge in [-0.15, -0.1) is 0 Å². The van der Waals surface area contributed by atoms with Crippen molar-refractivity contribution in [2.75, 3.05) is 69.4 Å². The summed E-state index contributed by atoms with van der Waals surface area (Å²) in [7, 11) is 0. The Morgan fingerprint density at radius 3 is 0.692 bits per heavy atom. The lowest BCUT2D eigenvalue weighted by atomic mass is 10.1. The zero-order chi connectivity index (χ0) is 60.5. The SMILES string of the molecule is c1ccc(N2C3NCNC(N3)N(c3ccccc3)C3NCNC(N3)N(c3ccccc3)C3NCNC(N3)N(c3ccc4c(c3)c3ccccc3n4-c3ccccc3)C3NCNC(N3)N(c3ccccc3)C3NCNC(N3)N(c3ccccc3)C3NCNC2N3)cc1. The molecule has 25 nitrogen and oxygen atoms in total. The minimum atomic E-state index is -0.462. The van der Waals surface area contributed by atoms with E-state index in [0.29, 0.717) is 40.0 Å². The molecule has 7 aliphatic rings. The Bertz CT molecular complexity index is 3670. The minimum Gasteiger partial charge on any atom is -0.315 e. The highest BCUT2D eigenvalue weighted by atomic mass is 15.7. The van der Waals surface area contributed by atoms with Crippen molar-refractivity contribution in [1.82, 2.24) is 100 Å². The van der Waals surface area contributed by atoms with E-state index in [2.05, 4.69) is 354 Å². The number of hydrogen-bond acceptors (Lipinski definition) is 24. The molecule has 7 fully saturated rings. The van der Waals surface area contributed by atoms with E-state index in [1.807, 2.05) is 0 Å². The second-order valence-electron chi connectivity index (χ2n) is 23.4. The number of fused-ring (bicyclic) bond motifs is 15. The minimum absolute atomic E-state index is 0.392. The molecule has 0 radical (unpaired) electrons. The van der Waals surface area contributed by atoms with Gasteiger partial charge in [-0.1, -0.05) is 127 Å². The lowest BCUT2D eigenvalue weighted by molar-refractivity contribution is 0.135. The second kappa shape index (κ2) is 26.1. The Morgan fingerprint density at radius 2 is 0.418 bits per heavy atom. The second-order valence-corrected chi connectivity index (χ2v) is 23.4. The molecule has 18 N–H and O–H groups in total. The van der Waals surface area contributed by atoms with Crippen LogP contribution in [0.3, 0.4) is 0 Å². The molecular formula is C66H79N25. The van der Waals surface area contributed by atoms with Gasteiger partial charge in [0.25, 0.3) is 0 Å². The summed E-state index contributed by atoms with van der Waals surface area (Å²) in [5.74, 6) is 0. The van der Waals surface area contributed by atoms with Crippen LogP contribution in [0.15, 0.2) is 224 Å². The third-order valence-electron chi connectivity index (χ3n) is 18.0. The average molecular weight is 1220 g/mol. The molecule has 25 heteroatoms. The molecule has 1 aromatic heterocycles. The highest BCUT2D eigenvalue weighted by molar-refractivity contribution is 6.10. The number of benzene rings is 8. The lowest BCUT2D eigenvalue weighted by Gasteiger charge is -2.55. The van der Waals surface area contributed by atoms with Crippen molar-refractivity contribution in [3.05, 3.63) is 224 Å². The highest BCUT2D eigenvalue weighted by Crippen LogP contribution is 2.36. The van der Waals surface area contributed by atoms with Gasteiger partial charge in [0.05, 0.1) is 51.0 Å². The fourth-order valence-electron chi connectivity index (χ4n) is 13.9. The highest BCUT2D eigenvalue weighted by Gasteiger charge is 2.45. The fourth-order valence-corrected chi connectivity index (χ4v) is 13.9. The Labute approximate surface area is 529 Å². The summed E-state index contributed by atoms with van der Waals surface area (Å²) in [6.07, 6.45) is -5.01. The van der Waals surface area contributed by atoms with Crippen LogP contribution in [-0.4, -0.2) is 120 Å². The van der Waals surface area contributed by atoms with Crippen LogP contribution in [0.2, 0.25) is 0 Å². The molecule has 12 atom stereocenters. The maximum atomic E-state index is 4.14. The maximum absolute atomic E-state index is 4.14. The lowest BCUT2D eigenvalue weighted by Crippen LogP contribution is -2.84. The number of nitrogens with zero attached hydrogens (tertiary/aromatic N) is 7. The van der Waals surface area contributed by atoms with Crippen molar-refractivity contribution in [3.8, 4) is 5.69 Å². The number of para-hydroxylation sites is 7. The molecule has 0 spiro atoms. The summed E-state index contributed by atoms with van der Waals surface area (Å²) >= 11 is 0. The van der Waals surface area contributed by atoms with Gasteiger partial charge < -0.3 is 34.0 Å². The van der Waals surface area contributed by atoms with Gasteiger partial charge in [-0.2, -0.15) is 0 Å². The Hall–Kier alpha value is -8.36. The fraction of sp³-hybridized carbons (Fsp3) is 0.273.